The van der Waals surface area contributed by atoms with Gasteiger partial charge in [0.25, 0.3) is 0 Å². The molecule has 0 aliphatic carbocycles. The van der Waals surface area contributed by atoms with Gasteiger partial charge in [-0.25, -0.2) is 0 Å². The minimum Gasteiger partial charge on any atom is -0.357 e. The molecule has 0 saturated heterocycles. The van der Waals surface area contributed by atoms with Crippen LogP contribution in [0.3, 0.4) is 0 Å². The van der Waals surface area contributed by atoms with Crippen LogP contribution in [0.1, 0.15) is 105 Å². The van der Waals surface area contributed by atoms with E-state index in [-0.39, 0.29) is 35.6 Å². The fourth-order valence-corrected chi connectivity index (χ4v) is 13.1. The van der Waals surface area contributed by atoms with Gasteiger partial charge in [0, 0.05) is 45.0 Å². The lowest BCUT2D eigenvalue weighted by Crippen LogP contribution is -2.58. The van der Waals surface area contributed by atoms with E-state index in [0.717, 1.165) is 0 Å². The Kier molecular flexibility index (Phi) is 7.05. The first kappa shape index (κ1) is 37.9. The van der Waals surface area contributed by atoms with Crippen LogP contribution in [-0.4, -0.2) is 14.0 Å². The zero-order valence-corrected chi connectivity index (χ0v) is 39.6. The minimum absolute atomic E-state index is 0.00152. The van der Waals surface area contributed by atoms with Gasteiger partial charge in [-0.2, -0.15) is 0 Å². The van der Waals surface area contributed by atoms with Gasteiger partial charge in [0.15, 0.2) is 0 Å². The lowest BCUT2D eigenvalue weighted by Gasteiger charge is -2.43. The van der Waals surface area contributed by atoms with Crippen LogP contribution in [0.2, 0.25) is 0 Å². The van der Waals surface area contributed by atoms with Crippen molar-refractivity contribution in [3.8, 4) is 44.5 Å². The van der Waals surface area contributed by atoms with E-state index in [0.29, 0.717) is 0 Å². The normalized spacial score (nSPS) is 15.7. The molecule has 0 fully saturated rings. The van der Waals surface area contributed by atoms with Crippen LogP contribution >= 0.6 is 11.3 Å². The number of anilines is 8. The van der Waals surface area contributed by atoms with Crippen molar-refractivity contribution in [1.29, 1.82) is 0 Å². The van der Waals surface area contributed by atoms with E-state index in [2.05, 4.69) is 212 Å². The summed E-state index contributed by atoms with van der Waals surface area (Å²) in [5.41, 5.74) is 26.9. The number of thiophene rings is 1. The highest BCUT2D eigenvalue weighted by Gasteiger charge is 2.60. The Balaban J connectivity index is 1.15. The standard InChI is InChI=1S/C56H54B2N4S/c1-53(2,3)31-19-23-43-39(27-31)35-15-13-17-37-41-29-33(55(7,8)9)21-25-45(41)61-51-49(59(43)57(61)47(35)37)50-52(63-51)62-46-26-22-34(56(10,11)12)30-42(46)38-18-14-16-36-40-28-32(54(4,5)6)20-24-44(40)60(50)58(62)48(36)38/h13-30H,1-12H3. The van der Waals surface area contributed by atoms with Gasteiger partial charge in [-0.3, -0.25) is 0 Å². The highest BCUT2D eigenvalue weighted by molar-refractivity contribution is 7.25. The molecule has 6 aliphatic rings. The molecule has 7 heterocycles. The maximum Gasteiger partial charge on any atom is 0.422 e. The Bertz CT molecular complexity index is 2980. The summed E-state index contributed by atoms with van der Waals surface area (Å²) in [5.74, 6) is 0. The molecule has 63 heavy (non-hydrogen) atoms. The summed E-state index contributed by atoms with van der Waals surface area (Å²) in [5, 5.41) is 2.65. The highest BCUT2D eigenvalue weighted by Crippen LogP contribution is 2.69. The van der Waals surface area contributed by atoms with Crippen LogP contribution in [0.25, 0.3) is 44.5 Å². The van der Waals surface area contributed by atoms with Crippen LogP contribution in [0.5, 0.6) is 0 Å². The Morgan fingerprint density at radius 1 is 0.333 bits per heavy atom. The Morgan fingerprint density at radius 2 is 0.603 bits per heavy atom. The molecular weight excluding hydrogens is 782 g/mol. The molecule has 310 valence electrons. The molecule has 0 spiro atoms. The van der Waals surface area contributed by atoms with Gasteiger partial charge in [-0.1, -0.05) is 155 Å². The lowest BCUT2D eigenvalue weighted by molar-refractivity contribution is 0.590. The molecule has 0 atom stereocenters. The topological polar surface area (TPSA) is 13.0 Å². The van der Waals surface area contributed by atoms with Crippen molar-refractivity contribution in [2.75, 3.05) is 19.2 Å². The van der Waals surface area contributed by atoms with Crippen LogP contribution < -0.4 is 30.2 Å². The second-order valence-electron chi connectivity index (χ2n) is 23.1. The maximum atomic E-state index is 2.76. The summed E-state index contributed by atoms with van der Waals surface area (Å²) in [4.78, 5) is 11.0. The molecule has 7 aromatic rings. The molecule has 0 saturated carbocycles. The van der Waals surface area contributed by atoms with E-state index in [4.69, 9.17) is 0 Å². The van der Waals surface area contributed by atoms with Crippen LogP contribution in [0, 0.1) is 0 Å². The quantitative estimate of drug-likeness (QED) is 0.141. The number of fused-ring (bicyclic) bond motifs is 19. The average molecular weight is 837 g/mol. The molecule has 0 unspecified atom stereocenters. The first-order valence-corrected chi connectivity index (χ1v) is 23.8. The van der Waals surface area contributed by atoms with Gasteiger partial charge in [-0.05, 0) is 126 Å². The molecule has 13 rings (SSSR count). The van der Waals surface area contributed by atoms with Crippen molar-refractivity contribution < 1.29 is 0 Å². The van der Waals surface area contributed by atoms with Crippen molar-refractivity contribution in [2.24, 2.45) is 0 Å². The number of hydrogen-bond acceptors (Lipinski definition) is 5. The molecule has 6 aliphatic heterocycles. The smallest absolute Gasteiger partial charge is 0.357 e. The fraction of sp³-hybridized carbons (Fsp3) is 0.286. The van der Waals surface area contributed by atoms with E-state index in [9.17, 15) is 0 Å². The molecule has 4 nitrogen and oxygen atoms in total. The maximum absolute atomic E-state index is 2.76. The van der Waals surface area contributed by atoms with Crippen molar-refractivity contribution in [3.05, 3.63) is 131 Å². The second-order valence-corrected chi connectivity index (χ2v) is 24.1. The van der Waals surface area contributed by atoms with E-state index >= 15 is 0 Å². The third-order valence-corrected chi connectivity index (χ3v) is 16.3. The summed E-state index contributed by atoms with van der Waals surface area (Å²) < 4.78 is 0. The summed E-state index contributed by atoms with van der Waals surface area (Å²) in [6.07, 6.45) is 0. The molecular formula is C56H54B2N4S. The van der Waals surface area contributed by atoms with Gasteiger partial charge in [-0.15, -0.1) is 0 Å². The highest BCUT2D eigenvalue weighted by atomic mass is 32.1. The van der Waals surface area contributed by atoms with E-state index in [1.54, 1.807) is 0 Å². The molecule has 0 bridgehead atoms. The van der Waals surface area contributed by atoms with Crippen LogP contribution in [-0.2, 0) is 21.7 Å². The lowest BCUT2D eigenvalue weighted by atomic mass is 9.54. The summed E-state index contributed by atoms with van der Waals surface area (Å²) in [6, 6.07) is 43.5. The summed E-state index contributed by atoms with van der Waals surface area (Å²) >= 11 is 2.00. The van der Waals surface area contributed by atoms with Gasteiger partial charge >= 0.3 is 14.0 Å². The second kappa shape index (κ2) is 11.7. The number of benzene rings is 6. The van der Waals surface area contributed by atoms with E-state index < -0.39 is 0 Å². The molecule has 0 amide bonds. The van der Waals surface area contributed by atoms with Crippen molar-refractivity contribution in [3.63, 3.8) is 0 Å². The average Bonchev–Trinajstić information content (AvgIpc) is 3.88. The Hall–Kier alpha value is -5.65. The molecule has 1 aromatic heterocycles. The molecule has 0 N–H and O–H groups in total. The largest absolute Gasteiger partial charge is 0.422 e. The molecule has 6 aromatic carbocycles. The third kappa shape index (κ3) is 4.79. The van der Waals surface area contributed by atoms with E-state index in [1.807, 2.05) is 11.3 Å². The number of hydrogen-bond donors (Lipinski definition) is 0. The number of nitrogens with zero attached hydrogens (tertiary/aromatic N) is 4. The predicted octanol–water partition coefficient (Wildman–Crippen LogP) is 14.2. The van der Waals surface area contributed by atoms with Crippen molar-refractivity contribution >= 4 is 80.4 Å². The summed E-state index contributed by atoms with van der Waals surface area (Å²) in [7, 11) is 0. The summed E-state index contributed by atoms with van der Waals surface area (Å²) in [6.45, 7) is 28.1. The van der Waals surface area contributed by atoms with Gasteiger partial charge in [0.05, 0.1) is 11.4 Å². The zero-order valence-electron chi connectivity index (χ0n) is 38.7. The molecule has 7 heteroatoms. The minimum atomic E-state index is -0.00152. The Morgan fingerprint density at radius 3 is 0.873 bits per heavy atom. The van der Waals surface area contributed by atoms with E-state index in [1.165, 1.54) is 122 Å². The first-order chi connectivity index (χ1) is 29.8. The predicted molar refractivity (Wildman–Crippen MR) is 273 cm³/mol. The Labute approximate surface area is 378 Å². The van der Waals surface area contributed by atoms with Gasteiger partial charge in [0.1, 0.15) is 10.0 Å². The van der Waals surface area contributed by atoms with Crippen molar-refractivity contribution in [1.82, 2.24) is 0 Å². The van der Waals surface area contributed by atoms with Gasteiger partial charge < -0.3 is 19.2 Å². The monoisotopic (exact) mass is 836 g/mol. The third-order valence-electron chi connectivity index (χ3n) is 15.1. The number of rotatable bonds is 0. The van der Waals surface area contributed by atoms with Crippen LogP contribution in [0.15, 0.2) is 109 Å². The first-order valence-electron chi connectivity index (χ1n) is 23.0. The SMILES string of the molecule is CC(C)(C)c1ccc2c(c1)-c1cccc3c1B1N2c2sc4c(c2N1c1ccc(C(C)(C)C)cc1-3)N1B2c3c(cccc3-c3cc(C(C)(C)C)ccc31)-c1cc(C(C)(C)C)ccc1N24. The zero-order chi connectivity index (χ0) is 43.6. The van der Waals surface area contributed by atoms with Gasteiger partial charge in [0.2, 0.25) is 0 Å². The fourth-order valence-electron chi connectivity index (χ4n) is 11.7. The van der Waals surface area contributed by atoms with Crippen LogP contribution in [0.4, 0.5) is 44.1 Å². The molecule has 0 radical (unpaired) electrons. The van der Waals surface area contributed by atoms with Crippen molar-refractivity contribution in [2.45, 2.75) is 105 Å².